The van der Waals surface area contributed by atoms with Crippen molar-refractivity contribution in [2.45, 2.75) is 18.2 Å². The second-order valence-corrected chi connectivity index (χ2v) is 7.10. The van der Waals surface area contributed by atoms with Crippen LogP contribution in [-0.4, -0.2) is 28.1 Å². The monoisotopic (exact) mass is 372 g/mol. The van der Waals surface area contributed by atoms with Crippen LogP contribution in [0, 0.1) is 17.5 Å². The maximum Gasteiger partial charge on any atom is 0.243 e. The van der Waals surface area contributed by atoms with Crippen molar-refractivity contribution in [1.29, 1.82) is 0 Å². The Morgan fingerprint density at radius 2 is 1.64 bits per heavy atom. The first-order valence-corrected chi connectivity index (χ1v) is 9.27. The van der Waals surface area contributed by atoms with Gasteiger partial charge in [0.05, 0.1) is 0 Å². The summed E-state index contributed by atoms with van der Waals surface area (Å²) < 4.78 is 66.0. The van der Waals surface area contributed by atoms with Crippen molar-refractivity contribution in [2.24, 2.45) is 0 Å². The highest BCUT2D eigenvalue weighted by Crippen LogP contribution is 2.18. The molecule has 0 fully saturated rings. The molecule has 0 saturated carbocycles. The molecule has 0 atom stereocenters. The van der Waals surface area contributed by atoms with Gasteiger partial charge in [-0.1, -0.05) is 18.2 Å². The highest BCUT2D eigenvalue weighted by molar-refractivity contribution is 7.89. The van der Waals surface area contributed by atoms with Crippen LogP contribution >= 0.6 is 0 Å². The lowest BCUT2D eigenvalue weighted by Crippen LogP contribution is -2.30. The minimum absolute atomic E-state index is 0.0457. The van der Waals surface area contributed by atoms with Crippen LogP contribution in [0.4, 0.5) is 18.9 Å². The zero-order chi connectivity index (χ0) is 18.4. The zero-order valence-electron chi connectivity index (χ0n) is 13.7. The zero-order valence-corrected chi connectivity index (χ0v) is 14.5. The lowest BCUT2D eigenvalue weighted by atomic mass is 10.2. The van der Waals surface area contributed by atoms with Crippen molar-refractivity contribution in [3.05, 3.63) is 59.9 Å². The van der Waals surface area contributed by atoms with E-state index < -0.39 is 32.4 Å². The van der Waals surface area contributed by atoms with Crippen molar-refractivity contribution < 1.29 is 21.6 Å². The van der Waals surface area contributed by atoms with Crippen LogP contribution in [0.3, 0.4) is 0 Å². The predicted octanol–water partition coefficient (Wildman–Crippen LogP) is 3.30. The molecule has 4 nitrogen and oxygen atoms in total. The van der Waals surface area contributed by atoms with Crippen molar-refractivity contribution in [3.63, 3.8) is 0 Å². The van der Waals surface area contributed by atoms with E-state index in [0.29, 0.717) is 19.0 Å². The van der Waals surface area contributed by atoms with Crippen LogP contribution in [0.1, 0.15) is 13.3 Å². The molecule has 2 aromatic carbocycles. The van der Waals surface area contributed by atoms with Gasteiger partial charge in [-0.25, -0.2) is 26.3 Å². The number of benzene rings is 2. The van der Waals surface area contributed by atoms with Gasteiger partial charge in [-0.2, -0.15) is 0 Å². The first kappa shape index (κ1) is 19.3. The third kappa shape index (κ3) is 4.96. The summed E-state index contributed by atoms with van der Waals surface area (Å²) in [5, 5.41) is 0. The van der Waals surface area contributed by atoms with Gasteiger partial charge in [0.25, 0.3) is 0 Å². The first-order valence-electron chi connectivity index (χ1n) is 7.79. The Morgan fingerprint density at radius 3 is 2.28 bits per heavy atom. The first-order chi connectivity index (χ1) is 11.8. The van der Waals surface area contributed by atoms with E-state index in [0.717, 1.165) is 12.2 Å². The van der Waals surface area contributed by atoms with Crippen molar-refractivity contribution in [3.8, 4) is 0 Å². The maximum atomic E-state index is 13.6. The molecule has 2 aromatic rings. The van der Waals surface area contributed by atoms with Gasteiger partial charge in [-0.3, -0.25) is 0 Å². The Labute approximate surface area is 145 Å². The number of hydrogen-bond acceptors (Lipinski definition) is 3. The van der Waals surface area contributed by atoms with Gasteiger partial charge in [-0.15, -0.1) is 0 Å². The summed E-state index contributed by atoms with van der Waals surface area (Å²) >= 11 is 0. The van der Waals surface area contributed by atoms with Gasteiger partial charge in [0.2, 0.25) is 10.0 Å². The van der Waals surface area contributed by atoms with Crippen molar-refractivity contribution in [1.82, 2.24) is 4.72 Å². The molecule has 0 radical (unpaired) electrons. The number of nitrogens with one attached hydrogen (secondary N) is 1. The lowest BCUT2D eigenvalue weighted by molar-refractivity contribution is 0.481. The molecule has 0 amide bonds. The summed E-state index contributed by atoms with van der Waals surface area (Å²) in [4.78, 5) is 1.16. The quantitative estimate of drug-likeness (QED) is 0.571. The normalized spacial score (nSPS) is 11.5. The minimum atomic E-state index is -4.25. The topological polar surface area (TPSA) is 49.4 Å². The summed E-state index contributed by atoms with van der Waals surface area (Å²) in [6, 6.07) is 10.2. The Hall–Kier alpha value is -2.06. The third-order valence-electron chi connectivity index (χ3n) is 3.66. The van der Waals surface area contributed by atoms with Gasteiger partial charge >= 0.3 is 0 Å². The van der Waals surface area contributed by atoms with E-state index in [9.17, 15) is 21.6 Å². The van der Waals surface area contributed by atoms with E-state index in [1.165, 1.54) is 0 Å². The molecule has 0 spiro atoms. The highest BCUT2D eigenvalue weighted by Gasteiger charge is 2.21. The fourth-order valence-electron chi connectivity index (χ4n) is 2.37. The van der Waals surface area contributed by atoms with Gasteiger partial charge in [0.1, 0.15) is 10.7 Å². The van der Waals surface area contributed by atoms with E-state index in [1.807, 2.05) is 37.3 Å². The molecular weight excluding hydrogens is 353 g/mol. The Balaban J connectivity index is 1.95. The molecule has 2 rings (SSSR count). The fraction of sp³-hybridized carbons (Fsp3) is 0.294. The van der Waals surface area contributed by atoms with E-state index in [2.05, 4.69) is 9.62 Å². The van der Waals surface area contributed by atoms with E-state index in [4.69, 9.17) is 0 Å². The van der Waals surface area contributed by atoms with Crippen LogP contribution in [0.2, 0.25) is 0 Å². The van der Waals surface area contributed by atoms with Crippen LogP contribution < -0.4 is 9.62 Å². The average molecular weight is 372 g/mol. The molecule has 136 valence electrons. The van der Waals surface area contributed by atoms with E-state index in [-0.39, 0.29) is 12.6 Å². The molecular formula is C17H19F3N2O2S. The molecule has 0 bridgehead atoms. The standard InChI is InChI=1S/C17H19F3N2O2S/c1-2-22(13-7-4-3-5-8-13)10-6-9-21-25(23,24)17-12-15(19)14(18)11-16(17)20/h3-5,7-8,11-12,21H,2,6,9-10H2,1H3. The molecule has 0 aliphatic carbocycles. The van der Waals surface area contributed by atoms with Crippen LogP contribution in [0.25, 0.3) is 0 Å². The molecule has 0 heterocycles. The summed E-state index contributed by atoms with van der Waals surface area (Å²) in [6.07, 6.45) is 0.466. The van der Waals surface area contributed by atoms with E-state index in [1.54, 1.807) is 0 Å². The number of anilines is 1. The molecule has 0 aliphatic heterocycles. The summed E-state index contributed by atoms with van der Waals surface area (Å²) in [6.45, 7) is 3.36. The SMILES string of the molecule is CCN(CCCNS(=O)(=O)c1cc(F)c(F)cc1F)c1ccccc1. The Bertz CT molecular complexity index is 814. The maximum absolute atomic E-state index is 13.6. The van der Waals surface area contributed by atoms with Gasteiger partial charge < -0.3 is 4.90 Å². The van der Waals surface area contributed by atoms with Crippen molar-refractivity contribution >= 4 is 15.7 Å². The molecule has 25 heavy (non-hydrogen) atoms. The lowest BCUT2D eigenvalue weighted by Gasteiger charge is -2.23. The molecule has 0 unspecified atom stereocenters. The van der Waals surface area contributed by atoms with Crippen LogP contribution in [-0.2, 0) is 10.0 Å². The number of halogens is 3. The number of hydrogen-bond donors (Lipinski definition) is 1. The van der Waals surface area contributed by atoms with Gasteiger partial charge in [0, 0.05) is 31.4 Å². The smallest absolute Gasteiger partial charge is 0.243 e. The molecule has 0 saturated heterocycles. The average Bonchev–Trinajstić information content (AvgIpc) is 2.59. The summed E-state index contributed by atoms with van der Waals surface area (Å²) in [5.74, 6) is -4.17. The van der Waals surface area contributed by atoms with Gasteiger partial charge in [-0.05, 0) is 31.5 Å². The summed E-state index contributed by atoms with van der Waals surface area (Å²) in [5.41, 5.74) is 1.01. The van der Waals surface area contributed by atoms with Gasteiger partial charge in [0.15, 0.2) is 11.6 Å². The molecule has 0 aromatic heterocycles. The van der Waals surface area contributed by atoms with E-state index >= 15 is 0 Å². The van der Waals surface area contributed by atoms with Crippen LogP contribution in [0.15, 0.2) is 47.4 Å². The highest BCUT2D eigenvalue weighted by atomic mass is 32.2. The van der Waals surface area contributed by atoms with Crippen molar-refractivity contribution in [2.75, 3.05) is 24.5 Å². The summed E-state index contributed by atoms with van der Waals surface area (Å²) in [7, 11) is -4.25. The number of rotatable bonds is 8. The fourth-order valence-corrected chi connectivity index (χ4v) is 3.52. The number of nitrogens with zero attached hydrogens (tertiary/aromatic N) is 1. The second kappa shape index (κ2) is 8.35. The predicted molar refractivity (Wildman–Crippen MR) is 90.5 cm³/mol. The largest absolute Gasteiger partial charge is 0.372 e. The minimum Gasteiger partial charge on any atom is -0.372 e. The molecule has 8 heteroatoms. The Kier molecular flexibility index (Phi) is 6.44. The molecule has 0 aliphatic rings. The Morgan fingerprint density at radius 1 is 1.00 bits per heavy atom. The number of sulfonamides is 1. The second-order valence-electron chi connectivity index (χ2n) is 5.36. The molecule has 1 N–H and O–H groups in total. The van der Waals surface area contributed by atoms with Crippen LogP contribution in [0.5, 0.6) is 0 Å². The third-order valence-corrected chi connectivity index (χ3v) is 5.14. The number of para-hydroxylation sites is 1.